The van der Waals surface area contributed by atoms with Crippen LogP contribution in [0.1, 0.15) is 11.7 Å². The van der Waals surface area contributed by atoms with Crippen LogP contribution in [0.2, 0.25) is 5.15 Å². The van der Waals surface area contributed by atoms with E-state index in [0.29, 0.717) is 40.8 Å². The molecule has 0 saturated heterocycles. The summed E-state index contributed by atoms with van der Waals surface area (Å²) in [4.78, 5) is 12.4. The fourth-order valence-electron chi connectivity index (χ4n) is 1.32. The third-order valence-corrected chi connectivity index (χ3v) is 2.81. The van der Waals surface area contributed by atoms with Gasteiger partial charge >= 0.3 is 0 Å². The number of nitrogens with zero attached hydrogens (tertiary/aromatic N) is 4. The summed E-state index contributed by atoms with van der Waals surface area (Å²) in [6, 6.07) is 1.68. The summed E-state index contributed by atoms with van der Waals surface area (Å²) in [6.07, 6.45) is 2.54. The highest BCUT2D eigenvalue weighted by atomic mass is 35.5. The van der Waals surface area contributed by atoms with E-state index >= 15 is 0 Å². The Labute approximate surface area is 114 Å². The summed E-state index contributed by atoms with van der Waals surface area (Å²) in [7, 11) is 0. The lowest BCUT2D eigenvalue weighted by atomic mass is 10.4. The predicted molar refractivity (Wildman–Crippen MR) is 70.1 cm³/mol. The van der Waals surface area contributed by atoms with Gasteiger partial charge in [-0.15, -0.1) is 0 Å². The molecule has 0 aliphatic carbocycles. The Morgan fingerprint density at radius 3 is 2.89 bits per heavy atom. The summed E-state index contributed by atoms with van der Waals surface area (Å²) in [6.45, 7) is 2.43. The van der Waals surface area contributed by atoms with E-state index in [1.807, 2.05) is 6.26 Å². The van der Waals surface area contributed by atoms with E-state index in [9.17, 15) is 0 Å². The molecule has 2 heterocycles. The van der Waals surface area contributed by atoms with Gasteiger partial charge in [-0.05, 0) is 13.2 Å². The molecule has 2 rings (SSSR count). The van der Waals surface area contributed by atoms with Crippen molar-refractivity contribution in [2.75, 3.05) is 18.1 Å². The van der Waals surface area contributed by atoms with Gasteiger partial charge < -0.3 is 9.84 Å². The van der Waals surface area contributed by atoms with Crippen LogP contribution < -0.4 is 5.32 Å². The molecule has 0 fully saturated rings. The lowest BCUT2D eigenvalue weighted by molar-refractivity contribution is 0.377. The highest BCUT2D eigenvalue weighted by molar-refractivity contribution is 7.98. The van der Waals surface area contributed by atoms with Crippen molar-refractivity contribution < 1.29 is 4.52 Å². The molecule has 2 aromatic rings. The van der Waals surface area contributed by atoms with Crippen LogP contribution in [0.25, 0.3) is 0 Å². The van der Waals surface area contributed by atoms with E-state index in [1.54, 1.807) is 13.0 Å². The number of anilines is 1. The maximum absolute atomic E-state index is 5.88. The van der Waals surface area contributed by atoms with Gasteiger partial charge in [0.2, 0.25) is 5.89 Å². The average molecular weight is 286 g/mol. The summed E-state index contributed by atoms with van der Waals surface area (Å²) in [5, 5.41) is 7.92. The topological polar surface area (TPSA) is 76.7 Å². The molecule has 0 saturated carbocycles. The van der Waals surface area contributed by atoms with Crippen LogP contribution in [0, 0.1) is 6.92 Å². The first kappa shape index (κ1) is 13.1. The third-order valence-electron chi connectivity index (χ3n) is 2.07. The summed E-state index contributed by atoms with van der Waals surface area (Å²) in [5.41, 5.74) is 0. The molecule has 0 atom stereocenters. The van der Waals surface area contributed by atoms with Gasteiger partial charge in [-0.1, -0.05) is 28.5 Å². The average Bonchev–Trinajstić information content (AvgIpc) is 2.74. The van der Waals surface area contributed by atoms with Crippen molar-refractivity contribution in [1.82, 2.24) is 20.1 Å². The second kappa shape index (κ2) is 6.01. The standard InChI is InChI=1S/C10H12ClN5OS/c1-6-13-9(17-16-6)3-4-12-8-5-7(11)14-10(15-8)18-2/h5H,3-4H2,1-2H3,(H,12,14,15). The smallest absolute Gasteiger partial charge is 0.228 e. The molecular formula is C10H12ClN5OS. The minimum absolute atomic E-state index is 0.422. The van der Waals surface area contributed by atoms with Crippen LogP contribution in [0.15, 0.2) is 15.7 Å². The minimum atomic E-state index is 0.422. The number of aryl methyl sites for hydroxylation is 1. The predicted octanol–water partition coefficient (Wildman–Crippen LogP) is 2.20. The maximum atomic E-state index is 5.88. The van der Waals surface area contributed by atoms with Crippen molar-refractivity contribution in [2.45, 2.75) is 18.5 Å². The molecule has 8 heteroatoms. The molecule has 0 aliphatic rings. The van der Waals surface area contributed by atoms with Gasteiger partial charge in [-0.2, -0.15) is 4.98 Å². The van der Waals surface area contributed by atoms with Crippen LogP contribution in [-0.4, -0.2) is 32.9 Å². The molecule has 1 N–H and O–H groups in total. The summed E-state index contributed by atoms with van der Waals surface area (Å²) in [5.74, 6) is 1.93. The van der Waals surface area contributed by atoms with Crippen molar-refractivity contribution in [2.24, 2.45) is 0 Å². The SMILES string of the molecule is CSc1nc(Cl)cc(NCCc2nc(C)no2)n1. The Balaban J connectivity index is 1.91. The molecule has 0 spiro atoms. The van der Waals surface area contributed by atoms with Crippen LogP contribution in [0.5, 0.6) is 0 Å². The lowest BCUT2D eigenvalue weighted by Gasteiger charge is -2.05. The first-order valence-electron chi connectivity index (χ1n) is 5.29. The van der Waals surface area contributed by atoms with Gasteiger partial charge in [-0.3, -0.25) is 0 Å². The largest absolute Gasteiger partial charge is 0.369 e. The number of hydrogen-bond donors (Lipinski definition) is 1. The summed E-state index contributed by atoms with van der Waals surface area (Å²) < 4.78 is 5.01. The Bertz CT molecular complexity index is 533. The molecule has 0 radical (unpaired) electrons. The molecule has 18 heavy (non-hydrogen) atoms. The molecule has 0 bridgehead atoms. The van der Waals surface area contributed by atoms with Gasteiger partial charge in [0, 0.05) is 19.0 Å². The highest BCUT2D eigenvalue weighted by Crippen LogP contribution is 2.17. The van der Waals surface area contributed by atoms with Crippen LogP contribution in [-0.2, 0) is 6.42 Å². The number of hydrogen-bond acceptors (Lipinski definition) is 7. The van der Waals surface area contributed by atoms with Crippen molar-refractivity contribution in [3.05, 3.63) is 22.9 Å². The molecule has 6 nitrogen and oxygen atoms in total. The highest BCUT2D eigenvalue weighted by Gasteiger charge is 2.04. The van der Waals surface area contributed by atoms with Crippen LogP contribution in [0.4, 0.5) is 5.82 Å². The monoisotopic (exact) mass is 285 g/mol. The summed E-state index contributed by atoms with van der Waals surface area (Å²) >= 11 is 7.33. The van der Waals surface area contributed by atoms with Crippen molar-refractivity contribution >= 4 is 29.2 Å². The molecule has 0 aromatic carbocycles. The van der Waals surface area contributed by atoms with Gasteiger partial charge in [0.25, 0.3) is 0 Å². The van der Waals surface area contributed by atoms with E-state index in [4.69, 9.17) is 16.1 Å². The lowest BCUT2D eigenvalue weighted by Crippen LogP contribution is -2.07. The number of rotatable bonds is 5. The normalized spacial score (nSPS) is 10.6. The molecule has 2 aromatic heterocycles. The minimum Gasteiger partial charge on any atom is -0.369 e. The van der Waals surface area contributed by atoms with Crippen LogP contribution >= 0.6 is 23.4 Å². The fraction of sp³-hybridized carbons (Fsp3) is 0.400. The van der Waals surface area contributed by atoms with Gasteiger partial charge in [0.15, 0.2) is 11.0 Å². The molecule has 0 amide bonds. The van der Waals surface area contributed by atoms with Crippen molar-refractivity contribution in [1.29, 1.82) is 0 Å². The van der Waals surface area contributed by atoms with Gasteiger partial charge in [0.05, 0.1) is 0 Å². The first-order valence-corrected chi connectivity index (χ1v) is 6.89. The van der Waals surface area contributed by atoms with Crippen molar-refractivity contribution in [3.63, 3.8) is 0 Å². The number of halogens is 1. The molecule has 0 unspecified atom stereocenters. The Morgan fingerprint density at radius 1 is 1.39 bits per heavy atom. The Kier molecular flexibility index (Phi) is 4.38. The number of nitrogens with one attached hydrogen (secondary N) is 1. The quantitative estimate of drug-likeness (QED) is 0.512. The zero-order valence-electron chi connectivity index (χ0n) is 9.97. The fourth-order valence-corrected chi connectivity index (χ4v) is 1.93. The second-order valence-corrected chi connectivity index (χ2v) is 4.64. The Hall–Kier alpha value is -1.34. The van der Waals surface area contributed by atoms with Crippen LogP contribution in [0.3, 0.4) is 0 Å². The molecule has 96 valence electrons. The van der Waals surface area contributed by atoms with E-state index in [0.717, 1.165) is 0 Å². The first-order chi connectivity index (χ1) is 8.67. The number of aromatic nitrogens is 4. The zero-order chi connectivity index (χ0) is 13.0. The molecule has 0 aliphatic heterocycles. The van der Waals surface area contributed by atoms with E-state index < -0.39 is 0 Å². The maximum Gasteiger partial charge on any atom is 0.228 e. The van der Waals surface area contributed by atoms with E-state index in [-0.39, 0.29) is 0 Å². The molecular weight excluding hydrogens is 274 g/mol. The second-order valence-electron chi connectivity index (χ2n) is 3.47. The van der Waals surface area contributed by atoms with E-state index in [1.165, 1.54) is 11.8 Å². The van der Waals surface area contributed by atoms with Gasteiger partial charge in [-0.25, -0.2) is 9.97 Å². The van der Waals surface area contributed by atoms with Gasteiger partial charge in [0.1, 0.15) is 11.0 Å². The van der Waals surface area contributed by atoms with Crippen molar-refractivity contribution in [3.8, 4) is 0 Å². The Morgan fingerprint density at radius 2 is 2.22 bits per heavy atom. The number of thioether (sulfide) groups is 1. The zero-order valence-corrected chi connectivity index (χ0v) is 11.5. The van der Waals surface area contributed by atoms with E-state index in [2.05, 4.69) is 25.4 Å². The third kappa shape index (κ3) is 3.58.